The Morgan fingerprint density at radius 1 is 1.00 bits per heavy atom. The Morgan fingerprint density at radius 3 is 2.27 bits per heavy atom. The molecule has 0 bridgehead atoms. The Kier molecular flexibility index (Phi) is 11.1. The number of halogens is 4. The molecule has 0 radical (unpaired) electrons. The normalized spacial score (nSPS) is 14.4. The molecular formula is C29H36Cl4N6O2. The van der Waals surface area contributed by atoms with E-state index in [9.17, 15) is 9.90 Å². The average Bonchev–Trinajstić information content (AvgIpc) is 3.26. The lowest BCUT2D eigenvalue weighted by Gasteiger charge is -2.37. The fraction of sp³-hybridized carbons (Fsp3) is 0.414. The number of nitrogens with zero attached hydrogens (tertiary/aromatic N) is 5. The highest BCUT2D eigenvalue weighted by Crippen LogP contribution is 2.32. The summed E-state index contributed by atoms with van der Waals surface area (Å²) >= 11 is 13.0. The zero-order valence-corrected chi connectivity index (χ0v) is 26.7. The van der Waals surface area contributed by atoms with Crippen LogP contribution in [0.3, 0.4) is 0 Å². The Labute approximate surface area is 262 Å². The summed E-state index contributed by atoms with van der Waals surface area (Å²) in [7, 11) is 0. The van der Waals surface area contributed by atoms with Crippen LogP contribution in [0.15, 0.2) is 41.2 Å². The summed E-state index contributed by atoms with van der Waals surface area (Å²) in [6.45, 7) is 13.0. The fourth-order valence-corrected chi connectivity index (χ4v) is 5.74. The molecule has 4 aromatic rings. The first kappa shape index (κ1) is 33.2. The number of H-pyrrole nitrogens is 1. The molecule has 222 valence electrons. The predicted molar refractivity (Wildman–Crippen MR) is 171 cm³/mol. The molecule has 1 fully saturated rings. The van der Waals surface area contributed by atoms with Crippen molar-refractivity contribution in [3.63, 3.8) is 0 Å². The zero-order valence-electron chi connectivity index (χ0n) is 23.5. The Morgan fingerprint density at radius 2 is 1.66 bits per heavy atom. The van der Waals surface area contributed by atoms with E-state index >= 15 is 0 Å². The van der Waals surface area contributed by atoms with Gasteiger partial charge >= 0.3 is 0 Å². The molecule has 0 saturated carbocycles. The monoisotopic (exact) mass is 640 g/mol. The molecule has 2 N–H and O–H groups in total. The second kappa shape index (κ2) is 13.8. The highest BCUT2D eigenvalue weighted by molar-refractivity contribution is 6.37. The highest BCUT2D eigenvalue weighted by Gasteiger charge is 2.23. The van der Waals surface area contributed by atoms with Crippen molar-refractivity contribution >= 4 is 59.0 Å². The molecule has 1 aliphatic rings. The van der Waals surface area contributed by atoms with Crippen LogP contribution in [0.2, 0.25) is 10.0 Å². The first-order chi connectivity index (χ1) is 18.6. The van der Waals surface area contributed by atoms with Gasteiger partial charge in [-0.3, -0.25) is 14.6 Å². The third kappa shape index (κ3) is 7.01. The molecule has 0 aliphatic carbocycles. The van der Waals surface area contributed by atoms with E-state index in [1.165, 1.54) is 0 Å². The number of aromatic hydroxyl groups is 1. The van der Waals surface area contributed by atoms with Gasteiger partial charge in [0.25, 0.3) is 5.56 Å². The lowest BCUT2D eigenvalue weighted by molar-refractivity contribution is 0.103. The van der Waals surface area contributed by atoms with Crippen molar-refractivity contribution in [2.45, 2.75) is 52.6 Å². The quantitative estimate of drug-likeness (QED) is 0.250. The summed E-state index contributed by atoms with van der Waals surface area (Å²) in [5.74, 6) is 0.759. The lowest BCUT2D eigenvalue weighted by atomic mass is 10.1. The van der Waals surface area contributed by atoms with Crippen LogP contribution in [-0.4, -0.2) is 66.9 Å². The average molecular weight is 642 g/mol. The first-order valence-electron chi connectivity index (χ1n) is 13.4. The van der Waals surface area contributed by atoms with Gasteiger partial charge in [-0.15, -0.1) is 24.8 Å². The van der Waals surface area contributed by atoms with E-state index < -0.39 is 0 Å². The van der Waals surface area contributed by atoms with E-state index in [1.807, 2.05) is 26.0 Å². The van der Waals surface area contributed by atoms with Crippen LogP contribution in [0, 0.1) is 0 Å². The molecule has 41 heavy (non-hydrogen) atoms. The number of aromatic amines is 1. The van der Waals surface area contributed by atoms with Gasteiger partial charge in [0.15, 0.2) is 5.65 Å². The molecule has 0 unspecified atom stereocenters. The van der Waals surface area contributed by atoms with Crippen LogP contribution in [0.25, 0.3) is 16.7 Å². The molecule has 1 saturated heterocycles. The van der Waals surface area contributed by atoms with E-state index in [1.54, 1.807) is 28.9 Å². The number of para-hydroxylation sites is 1. The smallest absolute Gasteiger partial charge is 0.262 e. The van der Waals surface area contributed by atoms with Gasteiger partial charge in [-0.1, -0.05) is 55.2 Å². The molecule has 3 heterocycles. The maximum absolute atomic E-state index is 13.3. The number of fused-ring (bicyclic) bond motifs is 1. The molecule has 8 nitrogen and oxygen atoms in total. The number of piperazine rings is 1. The second-order valence-electron chi connectivity index (χ2n) is 10.8. The number of hydrogen-bond donors (Lipinski definition) is 2. The maximum Gasteiger partial charge on any atom is 0.262 e. The summed E-state index contributed by atoms with van der Waals surface area (Å²) in [6, 6.07) is 11.4. The predicted octanol–water partition coefficient (Wildman–Crippen LogP) is 6.21. The minimum absolute atomic E-state index is 0. The van der Waals surface area contributed by atoms with Gasteiger partial charge < -0.3 is 10.1 Å². The molecule has 0 amide bonds. The number of phenolic OH excluding ortho intramolecular Hbond substituents is 1. The Hall–Kier alpha value is -2.33. The zero-order chi connectivity index (χ0) is 27.8. The van der Waals surface area contributed by atoms with Crippen molar-refractivity contribution in [1.82, 2.24) is 29.5 Å². The number of benzene rings is 2. The molecule has 0 atom stereocenters. The van der Waals surface area contributed by atoms with Crippen LogP contribution in [-0.2, 0) is 13.0 Å². The van der Waals surface area contributed by atoms with Crippen molar-refractivity contribution < 1.29 is 5.11 Å². The Balaban J connectivity index is 0.00000231. The van der Waals surface area contributed by atoms with Crippen LogP contribution in [0.4, 0.5) is 0 Å². The van der Waals surface area contributed by atoms with Crippen molar-refractivity contribution in [3.05, 3.63) is 79.4 Å². The molecule has 12 heteroatoms. The fourth-order valence-electron chi connectivity index (χ4n) is 5.18. The number of nitrogens with one attached hydrogen (secondary N) is 1. The van der Waals surface area contributed by atoms with E-state index in [0.29, 0.717) is 57.3 Å². The molecule has 2 aromatic heterocycles. The van der Waals surface area contributed by atoms with Gasteiger partial charge in [-0.25, -0.2) is 9.67 Å². The Bertz CT molecular complexity index is 1540. The molecule has 0 spiro atoms. The van der Waals surface area contributed by atoms with Crippen LogP contribution in [0.1, 0.15) is 56.3 Å². The van der Waals surface area contributed by atoms with Gasteiger partial charge in [-0.05, 0) is 43.5 Å². The van der Waals surface area contributed by atoms with Crippen molar-refractivity contribution in [2.24, 2.45) is 0 Å². The summed E-state index contributed by atoms with van der Waals surface area (Å²) in [5, 5.41) is 16.6. The van der Waals surface area contributed by atoms with Gasteiger partial charge in [0.1, 0.15) is 22.6 Å². The van der Waals surface area contributed by atoms with Gasteiger partial charge in [0.05, 0.1) is 15.7 Å². The summed E-state index contributed by atoms with van der Waals surface area (Å²) in [5.41, 5.74) is 3.09. The summed E-state index contributed by atoms with van der Waals surface area (Å²) < 4.78 is 1.58. The third-order valence-electron chi connectivity index (χ3n) is 7.36. The highest BCUT2D eigenvalue weighted by atomic mass is 35.5. The first-order valence-corrected chi connectivity index (χ1v) is 14.1. The van der Waals surface area contributed by atoms with Gasteiger partial charge in [0.2, 0.25) is 0 Å². The van der Waals surface area contributed by atoms with Gasteiger partial charge in [-0.2, -0.15) is 5.10 Å². The van der Waals surface area contributed by atoms with Crippen molar-refractivity contribution in [3.8, 4) is 11.4 Å². The molecule has 5 rings (SSSR count). The summed E-state index contributed by atoms with van der Waals surface area (Å²) in [4.78, 5) is 25.9. The van der Waals surface area contributed by atoms with Gasteiger partial charge in [0, 0.05) is 50.7 Å². The topological polar surface area (TPSA) is 90.3 Å². The number of hydrogen-bond acceptors (Lipinski definition) is 6. The SMILES string of the molecule is CC(C)c1nn(-c2c(Cl)cccc2Cl)c2nc(Cc3ccc(O)c(CN4CCN(C(C)C)CC4)c3)[nH]c(=O)c12.Cl.Cl. The van der Waals surface area contributed by atoms with Crippen molar-refractivity contribution in [1.29, 1.82) is 0 Å². The number of rotatable bonds is 7. The van der Waals surface area contributed by atoms with E-state index in [2.05, 4.69) is 28.6 Å². The third-order valence-corrected chi connectivity index (χ3v) is 7.97. The second-order valence-corrected chi connectivity index (χ2v) is 11.6. The minimum atomic E-state index is -0.254. The number of aromatic nitrogens is 4. The van der Waals surface area contributed by atoms with Crippen LogP contribution >= 0.6 is 48.0 Å². The molecule has 1 aliphatic heterocycles. The summed E-state index contributed by atoms with van der Waals surface area (Å²) in [6.07, 6.45) is 0.387. The van der Waals surface area contributed by atoms with Crippen LogP contribution < -0.4 is 5.56 Å². The van der Waals surface area contributed by atoms with Crippen molar-refractivity contribution in [2.75, 3.05) is 26.2 Å². The largest absolute Gasteiger partial charge is 0.508 e. The molecular weight excluding hydrogens is 606 g/mol. The number of phenols is 1. The van der Waals surface area contributed by atoms with E-state index in [0.717, 1.165) is 37.3 Å². The minimum Gasteiger partial charge on any atom is -0.508 e. The standard InChI is InChI=1S/C29H34Cl2N6O2.2ClH/c1-17(2)26-25-28(37(34-26)27-21(30)6-5-7-22(27)31)32-24(33-29(25)39)15-19-8-9-23(38)20(14-19)16-35-10-12-36(13-11-35)18(3)4;;/h5-9,14,17-18,38H,10-13,15-16H2,1-4H3,(H,32,33,39);2*1H. The lowest BCUT2D eigenvalue weighted by Crippen LogP contribution is -2.48. The van der Waals surface area contributed by atoms with E-state index in [-0.39, 0.29) is 42.0 Å². The van der Waals surface area contributed by atoms with Crippen LogP contribution in [0.5, 0.6) is 5.75 Å². The maximum atomic E-state index is 13.3. The molecule has 2 aromatic carbocycles. The van der Waals surface area contributed by atoms with E-state index in [4.69, 9.17) is 33.3 Å².